The Labute approximate surface area is 213 Å². The van der Waals surface area contributed by atoms with Gasteiger partial charge in [-0.3, -0.25) is 9.36 Å². The number of carbonyl (C=O) groups is 1. The van der Waals surface area contributed by atoms with E-state index in [9.17, 15) is 9.59 Å². The summed E-state index contributed by atoms with van der Waals surface area (Å²) in [4.78, 5) is 34.0. The van der Waals surface area contributed by atoms with Crippen LogP contribution in [0, 0.1) is 0 Å². The summed E-state index contributed by atoms with van der Waals surface area (Å²) in [7, 11) is 0. The smallest absolute Gasteiger partial charge is 0.338 e. The standard InChI is InChI=1S/C27H28ClN3O3S/c1-5-30(6-2)19-14-12-18(13-15-19)16-22-25(32)31-24(20-10-8-9-11-21(20)28)23(26(33)34-7-3)17(4)29-27(31)35-22/h8-16,24H,5-7H2,1-4H3/b22-16+. The summed E-state index contributed by atoms with van der Waals surface area (Å²) in [6.07, 6.45) is 1.86. The summed E-state index contributed by atoms with van der Waals surface area (Å²) in [6, 6.07) is 14.7. The predicted octanol–water partition coefficient (Wildman–Crippen LogP) is 4.30. The summed E-state index contributed by atoms with van der Waals surface area (Å²) in [5, 5.41) is 0.468. The molecule has 182 valence electrons. The van der Waals surface area contributed by atoms with Gasteiger partial charge < -0.3 is 9.64 Å². The largest absolute Gasteiger partial charge is 0.463 e. The lowest BCUT2D eigenvalue weighted by Crippen LogP contribution is -2.40. The van der Waals surface area contributed by atoms with E-state index < -0.39 is 12.0 Å². The molecule has 1 atom stereocenters. The van der Waals surface area contributed by atoms with Gasteiger partial charge in [-0.05, 0) is 63.1 Å². The molecule has 0 spiro atoms. The van der Waals surface area contributed by atoms with Gasteiger partial charge in [-0.2, -0.15) is 0 Å². The SMILES string of the molecule is CCOC(=O)C1=C(C)N=c2s/c(=C/c3ccc(N(CC)CC)cc3)c(=O)n2C1c1ccccc1Cl. The molecule has 4 rings (SSSR count). The van der Waals surface area contributed by atoms with E-state index in [1.807, 2.05) is 36.4 Å². The van der Waals surface area contributed by atoms with E-state index in [4.69, 9.17) is 16.3 Å². The van der Waals surface area contributed by atoms with Crippen LogP contribution in [0.15, 0.2) is 69.6 Å². The third kappa shape index (κ3) is 4.83. The minimum atomic E-state index is -0.716. The average molecular weight is 510 g/mol. The molecule has 0 fully saturated rings. The van der Waals surface area contributed by atoms with Gasteiger partial charge in [0.15, 0.2) is 4.80 Å². The molecule has 0 amide bonds. The van der Waals surface area contributed by atoms with Gasteiger partial charge in [0.2, 0.25) is 0 Å². The molecule has 0 bridgehead atoms. The maximum absolute atomic E-state index is 13.7. The van der Waals surface area contributed by atoms with Crippen LogP contribution in [0.4, 0.5) is 5.69 Å². The Morgan fingerprint density at radius 3 is 2.46 bits per heavy atom. The van der Waals surface area contributed by atoms with Crippen molar-refractivity contribution in [1.29, 1.82) is 0 Å². The zero-order valence-corrected chi connectivity index (χ0v) is 21.8. The van der Waals surface area contributed by atoms with Gasteiger partial charge in [0.1, 0.15) is 6.04 Å². The Hall–Kier alpha value is -3.16. The number of rotatable bonds is 7. The van der Waals surface area contributed by atoms with E-state index in [1.54, 1.807) is 24.5 Å². The van der Waals surface area contributed by atoms with Crippen molar-refractivity contribution in [1.82, 2.24) is 4.57 Å². The molecule has 0 radical (unpaired) electrons. The molecule has 2 aromatic carbocycles. The Morgan fingerprint density at radius 1 is 1.14 bits per heavy atom. The maximum Gasteiger partial charge on any atom is 0.338 e. The van der Waals surface area contributed by atoms with Crippen LogP contribution >= 0.6 is 22.9 Å². The number of esters is 1. The van der Waals surface area contributed by atoms with Gasteiger partial charge >= 0.3 is 5.97 Å². The highest BCUT2D eigenvalue weighted by Crippen LogP contribution is 2.34. The van der Waals surface area contributed by atoms with Crippen LogP contribution < -0.4 is 19.8 Å². The molecule has 1 aliphatic heterocycles. The van der Waals surface area contributed by atoms with Crippen molar-refractivity contribution in [3.8, 4) is 0 Å². The molecule has 0 saturated carbocycles. The number of aromatic nitrogens is 1. The van der Waals surface area contributed by atoms with E-state index in [-0.39, 0.29) is 12.2 Å². The molecule has 1 aliphatic rings. The van der Waals surface area contributed by atoms with Crippen molar-refractivity contribution in [2.75, 3.05) is 24.6 Å². The topological polar surface area (TPSA) is 63.9 Å². The molecule has 3 aromatic rings. The highest BCUT2D eigenvalue weighted by Gasteiger charge is 2.34. The molecule has 2 heterocycles. The van der Waals surface area contributed by atoms with Crippen molar-refractivity contribution in [2.45, 2.75) is 33.7 Å². The lowest BCUT2D eigenvalue weighted by atomic mass is 9.96. The Bertz CT molecular complexity index is 1450. The Kier molecular flexibility index (Phi) is 7.57. The van der Waals surface area contributed by atoms with Crippen LogP contribution in [-0.4, -0.2) is 30.2 Å². The first-order valence-corrected chi connectivity index (χ1v) is 12.9. The number of nitrogens with zero attached hydrogens (tertiary/aromatic N) is 3. The van der Waals surface area contributed by atoms with Crippen LogP contribution in [-0.2, 0) is 9.53 Å². The van der Waals surface area contributed by atoms with Crippen molar-refractivity contribution < 1.29 is 9.53 Å². The maximum atomic E-state index is 13.7. The molecule has 1 unspecified atom stereocenters. The van der Waals surface area contributed by atoms with Crippen LogP contribution in [0.3, 0.4) is 0 Å². The fourth-order valence-corrected chi connectivity index (χ4v) is 5.59. The molecule has 35 heavy (non-hydrogen) atoms. The number of hydrogen-bond donors (Lipinski definition) is 0. The fourth-order valence-electron chi connectivity index (χ4n) is 4.30. The third-order valence-corrected chi connectivity index (χ3v) is 7.36. The van der Waals surface area contributed by atoms with Crippen LogP contribution in [0.5, 0.6) is 0 Å². The fraction of sp³-hybridized carbons (Fsp3) is 0.296. The monoisotopic (exact) mass is 509 g/mol. The number of ether oxygens (including phenoxy) is 1. The molecule has 0 saturated heterocycles. The van der Waals surface area contributed by atoms with Crippen molar-refractivity contribution in [3.05, 3.63) is 95.6 Å². The minimum absolute atomic E-state index is 0.221. The quantitative estimate of drug-likeness (QED) is 0.445. The van der Waals surface area contributed by atoms with Gasteiger partial charge in [-0.25, -0.2) is 9.79 Å². The van der Waals surface area contributed by atoms with Crippen LogP contribution in [0.1, 0.15) is 44.9 Å². The number of carbonyl (C=O) groups excluding carboxylic acids is 1. The lowest BCUT2D eigenvalue weighted by Gasteiger charge is -2.25. The van der Waals surface area contributed by atoms with Gasteiger partial charge in [-0.15, -0.1) is 0 Å². The second kappa shape index (κ2) is 10.6. The highest BCUT2D eigenvalue weighted by atomic mass is 35.5. The number of fused-ring (bicyclic) bond motifs is 1. The second-order valence-electron chi connectivity index (χ2n) is 8.09. The van der Waals surface area contributed by atoms with Gasteiger partial charge in [-0.1, -0.05) is 53.3 Å². The Balaban J connectivity index is 1.87. The number of anilines is 1. The van der Waals surface area contributed by atoms with Gasteiger partial charge in [0.25, 0.3) is 5.56 Å². The minimum Gasteiger partial charge on any atom is -0.463 e. The molecule has 8 heteroatoms. The molecular formula is C27H28ClN3O3S. The van der Waals surface area contributed by atoms with Crippen molar-refractivity contribution in [2.24, 2.45) is 4.99 Å². The summed E-state index contributed by atoms with van der Waals surface area (Å²) >= 11 is 7.84. The Morgan fingerprint density at radius 2 is 1.83 bits per heavy atom. The van der Waals surface area contributed by atoms with E-state index in [0.29, 0.717) is 31.2 Å². The van der Waals surface area contributed by atoms with E-state index in [2.05, 4.69) is 35.9 Å². The van der Waals surface area contributed by atoms with Crippen molar-refractivity contribution in [3.63, 3.8) is 0 Å². The second-order valence-corrected chi connectivity index (χ2v) is 9.50. The number of halogens is 1. The normalized spacial score (nSPS) is 15.6. The van der Waals surface area contributed by atoms with Crippen molar-refractivity contribution >= 4 is 40.7 Å². The average Bonchev–Trinajstić information content (AvgIpc) is 3.15. The van der Waals surface area contributed by atoms with E-state index in [1.165, 1.54) is 11.3 Å². The number of benzene rings is 2. The van der Waals surface area contributed by atoms with Crippen LogP contribution in [0.25, 0.3) is 6.08 Å². The third-order valence-electron chi connectivity index (χ3n) is 6.04. The lowest BCUT2D eigenvalue weighted by molar-refractivity contribution is -0.139. The summed E-state index contributed by atoms with van der Waals surface area (Å²) in [6.45, 7) is 9.84. The predicted molar refractivity (Wildman–Crippen MR) is 142 cm³/mol. The number of hydrogen-bond acceptors (Lipinski definition) is 6. The first kappa shape index (κ1) is 24.9. The first-order valence-electron chi connectivity index (χ1n) is 11.7. The zero-order valence-electron chi connectivity index (χ0n) is 20.2. The summed E-state index contributed by atoms with van der Waals surface area (Å²) in [5.74, 6) is -0.500. The van der Waals surface area contributed by atoms with E-state index in [0.717, 1.165) is 24.3 Å². The molecule has 0 aliphatic carbocycles. The molecule has 0 N–H and O–H groups in total. The van der Waals surface area contributed by atoms with Gasteiger partial charge in [0.05, 0.1) is 22.4 Å². The molecule has 1 aromatic heterocycles. The molecular weight excluding hydrogens is 482 g/mol. The van der Waals surface area contributed by atoms with Gasteiger partial charge in [0, 0.05) is 23.8 Å². The zero-order chi connectivity index (χ0) is 25.1. The first-order chi connectivity index (χ1) is 16.9. The highest BCUT2D eigenvalue weighted by molar-refractivity contribution is 7.07. The molecule has 6 nitrogen and oxygen atoms in total. The number of allylic oxidation sites excluding steroid dienone is 1. The van der Waals surface area contributed by atoms with Crippen LogP contribution in [0.2, 0.25) is 5.02 Å². The van der Waals surface area contributed by atoms with E-state index >= 15 is 0 Å². The summed E-state index contributed by atoms with van der Waals surface area (Å²) < 4.78 is 7.42. The number of thiazole rings is 1. The summed E-state index contributed by atoms with van der Waals surface area (Å²) in [5.41, 5.74) is 3.33.